The minimum atomic E-state index is -1.52. The summed E-state index contributed by atoms with van der Waals surface area (Å²) >= 11 is 0. The van der Waals surface area contributed by atoms with E-state index in [9.17, 15) is 34.2 Å². The fourth-order valence-electron chi connectivity index (χ4n) is 2.56. The maximum Gasteiger partial charge on any atom is 0.326 e. The van der Waals surface area contributed by atoms with Gasteiger partial charge in [0, 0.05) is 0 Å². The second kappa shape index (κ2) is 9.13. The zero-order valence-electron chi connectivity index (χ0n) is 15.1. The third-order valence-electron chi connectivity index (χ3n) is 4.22. The molecule has 0 aromatic rings. The Morgan fingerprint density at radius 3 is 1.04 bits per heavy atom. The predicted molar refractivity (Wildman–Crippen MR) is 86.5 cm³/mol. The molecule has 0 aliphatic carbocycles. The Morgan fingerprint density at radius 2 is 0.808 bits per heavy atom. The normalized spacial score (nSPS) is 16.8. The van der Waals surface area contributed by atoms with Crippen LogP contribution in [0.3, 0.4) is 0 Å². The van der Waals surface area contributed by atoms with E-state index in [1.165, 1.54) is 20.8 Å². The quantitative estimate of drug-likeness (QED) is 0.385. The van der Waals surface area contributed by atoms with E-state index < -0.39 is 60.0 Å². The Labute approximate surface area is 149 Å². The van der Waals surface area contributed by atoms with Crippen LogP contribution < -0.4 is 0 Å². The Balaban J connectivity index is 6.03. The van der Waals surface area contributed by atoms with Gasteiger partial charge in [-0.2, -0.15) is 0 Å². The number of carboxylic acid groups (broad SMARTS) is 4. The molecule has 0 saturated carbocycles. The van der Waals surface area contributed by atoms with Crippen LogP contribution in [0.2, 0.25) is 0 Å². The number of rotatable bonds is 10. The van der Waals surface area contributed by atoms with E-state index in [0.29, 0.717) is 4.90 Å². The van der Waals surface area contributed by atoms with E-state index in [4.69, 9.17) is 10.2 Å². The highest BCUT2D eigenvalue weighted by Crippen LogP contribution is 2.18. The highest BCUT2D eigenvalue weighted by molar-refractivity contribution is 5.91. The molecule has 1 amide bonds. The molecule has 148 valence electrons. The average molecular weight is 376 g/mol. The van der Waals surface area contributed by atoms with Gasteiger partial charge in [0.1, 0.15) is 24.2 Å². The van der Waals surface area contributed by atoms with Gasteiger partial charge in [-0.3, -0.25) is 19.3 Å². The monoisotopic (exact) mass is 376 g/mol. The molecule has 0 bridgehead atoms. The van der Waals surface area contributed by atoms with Crippen LogP contribution in [0.25, 0.3) is 0 Å². The lowest BCUT2D eigenvalue weighted by Crippen LogP contribution is -2.61. The molecule has 0 fully saturated rings. The zero-order chi connectivity index (χ0) is 20.9. The lowest BCUT2D eigenvalue weighted by molar-refractivity contribution is -0.164. The fraction of sp³-hybridized carbons (Fsp3) is 0.667. The first kappa shape index (κ1) is 23.3. The van der Waals surface area contributed by atoms with Crippen LogP contribution in [0.4, 0.5) is 0 Å². The maximum absolute atomic E-state index is 12.8. The zero-order valence-corrected chi connectivity index (χ0v) is 15.1. The lowest BCUT2D eigenvalue weighted by Gasteiger charge is -2.39. The highest BCUT2D eigenvalue weighted by Gasteiger charge is 2.42. The topological polar surface area (TPSA) is 173 Å². The van der Waals surface area contributed by atoms with Gasteiger partial charge in [0.25, 0.3) is 0 Å². The smallest absolute Gasteiger partial charge is 0.326 e. The van der Waals surface area contributed by atoms with Crippen molar-refractivity contribution < 1.29 is 44.4 Å². The van der Waals surface area contributed by atoms with Gasteiger partial charge in [0.2, 0.25) is 5.91 Å². The molecule has 0 aliphatic heterocycles. The molecule has 0 radical (unpaired) electrons. The molecule has 5 unspecified atom stereocenters. The summed E-state index contributed by atoms with van der Waals surface area (Å²) in [5, 5.41) is 36.7. The summed E-state index contributed by atoms with van der Waals surface area (Å²) in [6.07, 6.45) is 0. The van der Waals surface area contributed by atoms with Gasteiger partial charge in [-0.05, 0) is 34.6 Å². The summed E-state index contributed by atoms with van der Waals surface area (Å²) in [6, 6.07) is -7.20. The summed E-state index contributed by atoms with van der Waals surface area (Å²) < 4.78 is 0. The third-order valence-corrected chi connectivity index (χ3v) is 4.22. The Morgan fingerprint density at radius 1 is 0.538 bits per heavy atom. The van der Waals surface area contributed by atoms with Gasteiger partial charge in [0.15, 0.2) is 0 Å². The molecule has 0 saturated heterocycles. The van der Waals surface area contributed by atoms with E-state index in [2.05, 4.69) is 0 Å². The van der Waals surface area contributed by atoms with Gasteiger partial charge >= 0.3 is 23.9 Å². The highest BCUT2D eigenvalue weighted by atomic mass is 16.4. The van der Waals surface area contributed by atoms with Crippen molar-refractivity contribution in [1.82, 2.24) is 9.80 Å². The SMILES string of the molecule is CC(C(=O)O)N(C(=O)C(C)N(C(C)C(=O)O)C(C)C(=O)O)C(C)C(=O)O. The van der Waals surface area contributed by atoms with Crippen molar-refractivity contribution in [2.24, 2.45) is 0 Å². The molecule has 0 spiro atoms. The first-order chi connectivity index (χ1) is 11.7. The molecule has 0 aromatic carbocycles. The van der Waals surface area contributed by atoms with E-state index in [1.807, 2.05) is 0 Å². The summed E-state index contributed by atoms with van der Waals surface area (Å²) in [4.78, 5) is 59.4. The molecular weight excluding hydrogens is 352 g/mol. The standard InChI is InChI=1S/C15H24N2O9/c1-6(16(7(2)12(19)20)8(3)13(21)22)11(18)17(9(4)14(23)24)10(5)15(25)26/h6-10H,1-5H3,(H,19,20)(H,21,22)(H,23,24)(H,25,26). The van der Waals surface area contributed by atoms with Crippen LogP contribution in [0.1, 0.15) is 34.6 Å². The van der Waals surface area contributed by atoms with Crippen molar-refractivity contribution in [1.29, 1.82) is 0 Å². The number of amides is 1. The number of carbonyl (C=O) groups is 5. The van der Waals surface area contributed by atoms with Crippen LogP contribution in [0, 0.1) is 0 Å². The van der Waals surface area contributed by atoms with Crippen LogP contribution in [0.5, 0.6) is 0 Å². The van der Waals surface area contributed by atoms with Crippen molar-refractivity contribution >= 4 is 29.8 Å². The van der Waals surface area contributed by atoms with Crippen molar-refractivity contribution in [2.45, 2.75) is 64.8 Å². The maximum atomic E-state index is 12.8. The summed E-state index contributed by atoms with van der Waals surface area (Å²) in [5.74, 6) is -6.69. The fourth-order valence-corrected chi connectivity index (χ4v) is 2.56. The number of carboxylic acids is 4. The first-order valence-electron chi connectivity index (χ1n) is 7.76. The summed E-state index contributed by atoms with van der Waals surface area (Å²) in [5.41, 5.74) is 0. The summed E-state index contributed by atoms with van der Waals surface area (Å²) in [6.45, 7) is 5.78. The average Bonchev–Trinajstić information content (AvgIpc) is 2.53. The van der Waals surface area contributed by atoms with Gasteiger partial charge in [0.05, 0.1) is 6.04 Å². The molecule has 0 rings (SSSR count). The number of hydrogen-bond acceptors (Lipinski definition) is 6. The van der Waals surface area contributed by atoms with Gasteiger partial charge in [-0.1, -0.05) is 0 Å². The van der Waals surface area contributed by atoms with E-state index in [-0.39, 0.29) is 0 Å². The van der Waals surface area contributed by atoms with Gasteiger partial charge in [-0.25, -0.2) is 9.59 Å². The van der Waals surface area contributed by atoms with Gasteiger partial charge in [-0.15, -0.1) is 0 Å². The summed E-state index contributed by atoms with van der Waals surface area (Å²) in [7, 11) is 0. The van der Waals surface area contributed by atoms with E-state index in [1.54, 1.807) is 0 Å². The van der Waals surface area contributed by atoms with Crippen LogP contribution in [-0.2, 0) is 24.0 Å². The molecule has 26 heavy (non-hydrogen) atoms. The van der Waals surface area contributed by atoms with Gasteiger partial charge < -0.3 is 25.3 Å². The second-order valence-electron chi connectivity index (χ2n) is 5.93. The van der Waals surface area contributed by atoms with Crippen molar-refractivity contribution in [3.8, 4) is 0 Å². The largest absolute Gasteiger partial charge is 0.480 e. The first-order valence-corrected chi connectivity index (χ1v) is 7.76. The number of carbonyl (C=O) groups excluding carboxylic acids is 1. The van der Waals surface area contributed by atoms with Crippen LogP contribution in [0.15, 0.2) is 0 Å². The molecule has 4 N–H and O–H groups in total. The number of aliphatic carboxylic acids is 4. The van der Waals surface area contributed by atoms with E-state index in [0.717, 1.165) is 18.7 Å². The number of nitrogens with zero attached hydrogens (tertiary/aromatic N) is 2. The minimum absolute atomic E-state index is 0.589. The van der Waals surface area contributed by atoms with Crippen LogP contribution >= 0.6 is 0 Å². The molecule has 0 aromatic heterocycles. The Bertz CT molecular complexity index is 552. The van der Waals surface area contributed by atoms with E-state index >= 15 is 0 Å². The Kier molecular flexibility index (Phi) is 8.19. The Hall–Kier alpha value is -2.69. The molecule has 11 heteroatoms. The lowest BCUT2D eigenvalue weighted by atomic mass is 10.1. The van der Waals surface area contributed by atoms with Crippen molar-refractivity contribution in [3.05, 3.63) is 0 Å². The third kappa shape index (κ3) is 5.15. The predicted octanol–water partition coefficient (Wildman–Crippen LogP) is -0.602. The van der Waals surface area contributed by atoms with Crippen LogP contribution in [-0.4, -0.2) is 90.2 Å². The molecule has 5 atom stereocenters. The minimum Gasteiger partial charge on any atom is -0.480 e. The molecular formula is C15H24N2O9. The van der Waals surface area contributed by atoms with Crippen molar-refractivity contribution in [2.75, 3.05) is 0 Å². The second-order valence-corrected chi connectivity index (χ2v) is 5.93. The number of hydrogen-bond donors (Lipinski definition) is 4. The molecule has 0 aliphatic rings. The molecule has 11 nitrogen and oxygen atoms in total. The molecule has 0 heterocycles. The van der Waals surface area contributed by atoms with Crippen molar-refractivity contribution in [3.63, 3.8) is 0 Å².